The fraction of sp³-hybridized carbons (Fsp3) is 0.312. The predicted octanol–water partition coefficient (Wildman–Crippen LogP) is 4.20. The van der Waals surface area contributed by atoms with Crippen LogP contribution in [0.4, 0.5) is 10.8 Å². The molecule has 7 heteroatoms. The van der Waals surface area contributed by atoms with Crippen molar-refractivity contribution in [3.8, 4) is 0 Å². The molecule has 1 aromatic carbocycles. The zero-order chi connectivity index (χ0) is 17.0. The van der Waals surface area contributed by atoms with Crippen molar-refractivity contribution in [2.45, 2.75) is 31.6 Å². The summed E-state index contributed by atoms with van der Waals surface area (Å²) in [5.41, 5.74) is 1.24. The van der Waals surface area contributed by atoms with Crippen molar-refractivity contribution in [3.05, 3.63) is 34.8 Å². The van der Waals surface area contributed by atoms with Crippen LogP contribution in [0.25, 0.3) is 0 Å². The molecule has 0 spiro atoms. The normalized spacial score (nSPS) is 10.7. The minimum absolute atomic E-state index is 0.137. The maximum atomic E-state index is 12.4. The van der Waals surface area contributed by atoms with Crippen molar-refractivity contribution in [1.29, 1.82) is 0 Å². The molecule has 1 heterocycles. The molecular weight excluding hydrogens is 330 g/mol. The standard InChI is InChI=1S/C16H19N3O2S2/c1-9(2)14-8-17-16(23-14)19-15(21)11-5-6-12(18-10(3)20)13(7-11)22-4/h5-9H,1-4H3,(H,18,20)(H,17,19,21). The van der Waals surface area contributed by atoms with Crippen LogP contribution in [0, 0.1) is 0 Å². The second-order valence-corrected chi connectivity index (χ2v) is 7.18. The predicted molar refractivity (Wildman–Crippen MR) is 96.7 cm³/mol. The molecule has 0 aliphatic heterocycles. The van der Waals surface area contributed by atoms with Gasteiger partial charge in [0.2, 0.25) is 5.91 Å². The van der Waals surface area contributed by atoms with Crippen LogP contribution in [0.2, 0.25) is 0 Å². The van der Waals surface area contributed by atoms with E-state index in [0.717, 1.165) is 9.77 Å². The second kappa shape index (κ2) is 7.61. The Morgan fingerprint density at radius 2 is 2.00 bits per heavy atom. The highest BCUT2D eigenvalue weighted by molar-refractivity contribution is 7.98. The van der Waals surface area contributed by atoms with E-state index in [9.17, 15) is 9.59 Å². The molecule has 0 bridgehead atoms. The van der Waals surface area contributed by atoms with E-state index in [2.05, 4.69) is 29.5 Å². The third-order valence-electron chi connectivity index (χ3n) is 3.09. The highest BCUT2D eigenvalue weighted by Crippen LogP contribution is 2.28. The molecule has 0 atom stereocenters. The van der Waals surface area contributed by atoms with Gasteiger partial charge in [0.1, 0.15) is 0 Å². The molecule has 2 N–H and O–H groups in total. The van der Waals surface area contributed by atoms with Gasteiger partial charge >= 0.3 is 0 Å². The summed E-state index contributed by atoms with van der Waals surface area (Å²) in [6.07, 6.45) is 3.69. The van der Waals surface area contributed by atoms with Crippen molar-refractivity contribution in [2.75, 3.05) is 16.9 Å². The fourth-order valence-electron chi connectivity index (χ4n) is 1.91. The number of nitrogens with zero attached hydrogens (tertiary/aromatic N) is 1. The van der Waals surface area contributed by atoms with Crippen LogP contribution in [0.1, 0.15) is 41.9 Å². The first-order valence-electron chi connectivity index (χ1n) is 7.13. The number of thioether (sulfide) groups is 1. The van der Waals surface area contributed by atoms with Gasteiger partial charge in [-0.25, -0.2) is 4.98 Å². The van der Waals surface area contributed by atoms with Gasteiger partial charge in [0.15, 0.2) is 5.13 Å². The molecule has 0 saturated heterocycles. The lowest BCUT2D eigenvalue weighted by molar-refractivity contribution is -0.114. The van der Waals surface area contributed by atoms with Crippen LogP contribution in [0.3, 0.4) is 0 Å². The van der Waals surface area contributed by atoms with Gasteiger partial charge in [-0.3, -0.25) is 14.9 Å². The lowest BCUT2D eigenvalue weighted by Gasteiger charge is -2.10. The molecule has 0 fully saturated rings. The number of rotatable bonds is 5. The fourth-order valence-corrected chi connectivity index (χ4v) is 3.30. The number of anilines is 2. The Kier molecular flexibility index (Phi) is 5.79. The van der Waals surface area contributed by atoms with Crippen LogP contribution >= 0.6 is 23.1 Å². The smallest absolute Gasteiger partial charge is 0.257 e. The molecule has 23 heavy (non-hydrogen) atoms. The average Bonchev–Trinajstić information content (AvgIpc) is 2.95. The number of nitrogens with one attached hydrogen (secondary N) is 2. The number of aromatic nitrogens is 1. The molecule has 2 aromatic rings. The van der Waals surface area contributed by atoms with E-state index in [4.69, 9.17) is 0 Å². The molecule has 5 nitrogen and oxygen atoms in total. The average molecular weight is 349 g/mol. The highest BCUT2D eigenvalue weighted by Gasteiger charge is 2.13. The van der Waals surface area contributed by atoms with Gasteiger partial charge in [-0.05, 0) is 30.4 Å². The zero-order valence-corrected chi connectivity index (χ0v) is 15.1. The number of hydrogen-bond acceptors (Lipinski definition) is 5. The summed E-state index contributed by atoms with van der Waals surface area (Å²) in [7, 11) is 0. The van der Waals surface area contributed by atoms with Gasteiger partial charge in [-0.1, -0.05) is 13.8 Å². The lowest BCUT2D eigenvalue weighted by atomic mass is 10.2. The van der Waals surface area contributed by atoms with E-state index in [1.165, 1.54) is 30.0 Å². The summed E-state index contributed by atoms with van der Waals surface area (Å²) in [6, 6.07) is 5.20. The number of carbonyl (C=O) groups is 2. The summed E-state index contributed by atoms with van der Waals surface area (Å²) in [5, 5.41) is 6.16. The van der Waals surface area contributed by atoms with E-state index in [1.807, 2.05) is 6.26 Å². The number of thiazole rings is 1. The van der Waals surface area contributed by atoms with Crippen molar-refractivity contribution in [2.24, 2.45) is 0 Å². The van der Waals surface area contributed by atoms with Crippen molar-refractivity contribution in [3.63, 3.8) is 0 Å². The van der Waals surface area contributed by atoms with Crippen LogP contribution in [-0.4, -0.2) is 23.1 Å². The summed E-state index contributed by atoms with van der Waals surface area (Å²) in [5.74, 6) is 0.0408. The Hall–Kier alpha value is -1.86. The van der Waals surface area contributed by atoms with Crippen LogP contribution in [0.5, 0.6) is 0 Å². The maximum Gasteiger partial charge on any atom is 0.257 e. The SMILES string of the molecule is CSc1cc(C(=O)Nc2ncc(C(C)C)s2)ccc1NC(C)=O. The quantitative estimate of drug-likeness (QED) is 0.794. The van der Waals surface area contributed by atoms with Crippen LogP contribution in [0.15, 0.2) is 29.3 Å². The summed E-state index contributed by atoms with van der Waals surface area (Å²) in [4.78, 5) is 29.7. The van der Waals surface area contributed by atoms with Gasteiger partial charge < -0.3 is 5.32 Å². The highest BCUT2D eigenvalue weighted by atomic mass is 32.2. The number of hydrogen-bond donors (Lipinski definition) is 2. The first-order valence-corrected chi connectivity index (χ1v) is 9.17. The Morgan fingerprint density at radius 3 is 2.57 bits per heavy atom. The third-order valence-corrected chi connectivity index (χ3v) is 5.08. The van der Waals surface area contributed by atoms with Crippen molar-refractivity contribution in [1.82, 2.24) is 4.98 Å². The van der Waals surface area contributed by atoms with Gasteiger partial charge in [0, 0.05) is 28.5 Å². The first-order chi connectivity index (χ1) is 10.9. The third kappa shape index (κ3) is 4.56. The molecule has 0 radical (unpaired) electrons. The van der Waals surface area contributed by atoms with Crippen molar-refractivity contribution >= 4 is 45.7 Å². The monoisotopic (exact) mass is 349 g/mol. The molecule has 0 unspecified atom stereocenters. The van der Waals surface area contributed by atoms with E-state index in [1.54, 1.807) is 24.4 Å². The van der Waals surface area contributed by atoms with Crippen molar-refractivity contribution < 1.29 is 9.59 Å². The molecular formula is C16H19N3O2S2. The molecule has 2 amide bonds. The molecule has 0 saturated carbocycles. The topological polar surface area (TPSA) is 71.1 Å². The molecule has 0 aliphatic rings. The lowest BCUT2D eigenvalue weighted by Crippen LogP contribution is -2.13. The summed E-state index contributed by atoms with van der Waals surface area (Å²) >= 11 is 2.96. The van der Waals surface area contributed by atoms with Gasteiger partial charge in [0.05, 0.1) is 5.69 Å². The van der Waals surface area contributed by atoms with Crippen LogP contribution in [-0.2, 0) is 4.79 Å². The number of amides is 2. The van der Waals surface area contributed by atoms with E-state index in [-0.39, 0.29) is 11.8 Å². The van der Waals surface area contributed by atoms with Gasteiger partial charge in [0.25, 0.3) is 5.91 Å². The molecule has 122 valence electrons. The Labute approximate surface area is 143 Å². The molecule has 1 aromatic heterocycles. The van der Waals surface area contributed by atoms with Gasteiger partial charge in [-0.2, -0.15) is 0 Å². The Balaban J connectivity index is 2.16. The Morgan fingerprint density at radius 1 is 1.26 bits per heavy atom. The minimum atomic E-state index is -0.209. The summed E-state index contributed by atoms with van der Waals surface area (Å²) < 4.78 is 0. The largest absolute Gasteiger partial charge is 0.325 e. The van der Waals surface area contributed by atoms with E-state index >= 15 is 0 Å². The zero-order valence-electron chi connectivity index (χ0n) is 13.5. The molecule has 2 rings (SSSR count). The Bertz CT molecular complexity index is 726. The summed E-state index contributed by atoms with van der Waals surface area (Å²) in [6.45, 7) is 5.63. The van der Waals surface area contributed by atoms with E-state index in [0.29, 0.717) is 22.3 Å². The number of carbonyl (C=O) groups excluding carboxylic acids is 2. The number of benzene rings is 1. The second-order valence-electron chi connectivity index (χ2n) is 5.27. The maximum absolute atomic E-state index is 12.4. The minimum Gasteiger partial charge on any atom is -0.325 e. The first kappa shape index (κ1) is 17.5. The van der Waals surface area contributed by atoms with Crippen LogP contribution < -0.4 is 10.6 Å². The molecule has 0 aliphatic carbocycles. The van der Waals surface area contributed by atoms with E-state index < -0.39 is 0 Å². The van der Waals surface area contributed by atoms with Gasteiger partial charge in [-0.15, -0.1) is 23.1 Å².